The van der Waals surface area contributed by atoms with Gasteiger partial charge in [-0.15, -0.1) is 0 Å². The number of hydrogen-bond acceptors (Lipinski definition) is 3. The number of hydrogen-bond donors (Lipinski definition) is 0. The summed E-state index contributed by atoms with van der Waals surface area (Å²) in [5.41, 5.74) is 0.105. The third-order valence-corrected chi connectivity index (χ3v) is 3.94. The van der Waals surface area contributed by atoms with E-state index in [2.05, 4.69) is 0 Å². The first kappa shape index (κ1) is 14.5. The Morgan fingerprint density at radius 1 is 1.30 bits per heavy atom. The standard InChI is InChI=1S/C17H20O3/c1-20-16(19)17(12-6-5-11-15(17)18)13-7-10-14-8-3-2-4-9-14/h2-4,7-10H,5-6,11-13H2,1H3/b10-7+/t17-/m0/s1. The molecule has 0 bridgehead atoms. The largest absolute Gasteiger partial charge is 0.468 e. The van der Waals surface area contributed by atoms with Crippen molar-refractivity contribution in [2.24, 2.45) is 5.41 Å². The summed E-state index contributed by atoms with van der Waals surface area (Å²) in [6, 6.07) is 9.86. The van der Waals surface area contributed by atoms with Crippen molar-refractivity contribution in [3.8, 4) is 0 Å². The van der Waals surface area contributed by atoms with Crippen LogP contribution in [0.5, 0.6) is 0 Å². The summed E-state index contributed by atoms with van der Waals surface area (Å²) in [6.45, 7) is 0. The molecule has 1 saturated carbocycles. The topological polar surface area (TPSA) is 43.4 Å². The lowest BCUT2D eigenvalue weighted by atomic mass is 9.70. The zero-order chi connectivity index (χ0) is 14.4. The molecule has 0 aliphatic heterocycles. The molecule has 0 heterocycles. The Morgan fingerprint density at radius 3 is 2.70 bits per heavy atom. The van der Waals surface area contributed by atoms with Crippen LogP contribution >= 0.6 is 0 Å². The highest BCUT2D eigenvalue weighted by Gasteiger charge is 2.46. The van der Waals surface area contributed by atoms with Crippen LogP contribution in [-0.4, -0.2) is 18.9 Å². The number of ketones is 1. The van der Waals surface area contributed by atoms with Gasteiger partial charge < -0.3 is 4.74 Å². The number of ether oxygens (including phenoxy) is 1. The van der Waals surface area contributed by atoms with Gasteiger partial charge in [-0.05, 0) is 24.8 Å². The first-order chi connectivity index (χ1) is 9.69. The predicted octanol–water partition coefficient (Wildman–Crippen LogP) is 3.39. The van der Waals surface area contributed by atoms with E-state index in [9.17, 15) is 9.59 Å². The molecule has 1 aromatic carbocycles. The third-order valence-electron chi connectivity index (χ3n) is 3.94. The second-order valence-electron chi connectivity index (χ2n) is 5.22. The number of carbonyl (C=O) groups excluding carboxylic acids is 2. The quantitative estimate of drug-likeness (QED) is 0.623. The smallest absolute Gasteiger partial charge is 0.319 e. The lowest BCUT2D eigenvalue weighted by Crippen LogP contribution is -2.42. The highest BCUT2D eigenvalue weighted by molar-refractivity contribution is 6.04. The van der Waals surface area contributed by atoms with E-state index in [1.807, 2.05) is 42.5 Å². The molecule has 0 saturated heterocycles. The molecule has 2 rings (SSSR count). The Hall–Kier alpha value is -1.90. The zero-order valence-corrected chi connectivity index (χ0v) is 11.8. The Labute approximate surface area is 119 Å². The summed E-state index contributed by atoms with van der Waals surface area (Å²) < 4.78 is 4.87. The maximum absolute atomic E-state index is 12.2. The van der Waals surface area contributed by atoms with Crippen LogP contribution in [0.4, 0.5) is 0 Å². The molecular formula is C17H20O3. The van der Waals surface area contributed by atoms with Crippen molar-refractivity contribution in [2.45, 2.75) is 32.1 Å². The van der Waals surface area contributed by atoms with Gasteiger partial charge in [-0.3, -0.25) is 9.59 Å². The van der Waals surface area contributed by atoms with Crippen LogP contribution in [0, 0.1) is 5.41 Å². The minimum absolute atomic E-state index is 0.0216. The van der Waals surface area contributed by atoms with Gasteiger partial charge in [-0.25, -0.2) is 0 Å². The van der Waals surface area contributed by atoms with Crippen LogP contribution in [0.15, 0.2) is 36.4 Å². The number of esters is 1. The molecule has 3 nitrogen and oxygen atoms in total. The summed E-state index contributed by atoms with van der Waals surface area (Å²) in [5, 5.41) is 0. The molecule has 0 unspecified atom stereocenters. The summed E-state index contributed by atoms with van der Waals surface area (Å²) in [7, 11) is 1.35. The fourth-order valence-corrected chi connectivity index (χ4v) is 2.76. The van der Waals surface area contributed by atoms with Crippen molar-refractivity contribution in [3.05, 3.63) is 42.0 Å². The normalized spacial score (nSPS) is 22.9. The SMILES string of the molecule is COC(=O)[C@]1(C/C=C/c2ccccc2)CCCCC1=O. The molecule has 1 aliphatic rings. The monoisotopic (exact) mass is 272 g/mol. The van der Waals surface area contributed by atoms with E-state index in [4.69, 9.17) is 4.74 Å². The molecule has 0 aromatic heterocycles. The number of methoxy groups -OCH3 is 1. The van der Waals surface area contributed by atoms with Crippen molar-refractivity contribution in [1.82, 2.24) is 0 Å². The molecule has 0 N–H and O–H groups in total. The van der Waals surface area contributed by atoms with Gasteiger partial charge in [0.1, 0.15) is 11.2 Å². The second kappa shape index (κ2) is 6.51. The van der Waals surface area contributed by atoms with Gasteiger partial charge in [-0.2, -0.15) is 0 Å². The Kier molecular flexibility index (Phi) is 4.72. The molecule has 20 heavy (non-hydrogen) atoms. The van der Waals surface area contributed by atoms with Gasteiger partial charge in [0.25, 0.3) is 0 Å². The van der Waals surface area contributed by atoms with Gasteiger partial charge in [0.05, 0.1) is 7.11 Å². The van der Waals surface area contributed by atoms with Crippen LogP contribution in [0.1, 0.15) is 37.7 Å². The average Bonchev–Trinajstić information content (AvgIpc) is 2.49. The maximum Gasteiger partial charge on any atom is 0.319 e. The van der Waals surface area contributed by atoms with E-state index in [0.717, 1.165) is 18.4 Å². The van der Waals surface area contributed by atoms with E-state index >= 15 is 0 Å². The number of allylic oxidation sites excluding steroid dienone is 1. The van der Waals surface area contributed by atoms with E-state index in [0.29, 0.717) is 19.3 Å². The Morgan fingerprint density at radius 2 is 2.05 bits per heavy atom. The molecule has 1 aromatic rings. The van der Waals surface area contributed by atoms with Crippen LogP contribution in [0.3, 0.4) is 0 Å². The summed E-state index contributed by atoms with van der Waals surface area (Å²) in [5.74, 6) is -0.367. The fourth-order valence-electron chi connectivity index (χ4n) is 2.76. The number of rotatable bonds is 4. The van der Waals surface area contributed by atoms with E-state index < -0.39 is 5.41 Å². The maximum atomic E-state index is 12.2. The van der Waals surface area contributed by atoms with Crippen molar-refractivity contribution in [3.63, 3.8) is 0 Å². The Balaban J connectivity index is 2.14. The van der Waals surface area contributed by atoms with Crippen molar-refractivity contribution < 1.29 is 14.3 Å². The third kappa shape index (κ3) is 2.98. The van der Waals surface area contributed by atoms with Crippen molar-refractivity contribution in [1.29, 1.82) is 0 Å². The van der Waals surface area contributed by atoms with Gasteiger partial charge in [0.15, 0.2) is 0 Å². The second-order valence-corrected chi connectivity index (χ2v) is 5.22. The van der Waals surface area contributed by atoms with Crippen molar-refractivity contribution in [2.75, 3.05) is 7.11 Å². The molecular weight excluding hydrogens is 252 g/mol. The first-order valence-electron chi connectivity index (χ1n) is 7.02. The van der Waals surface area contributed by atoms with E-state index in [1.54, 1.807) is 0 Å². The molecule has 1 fully saturated rings. The van der Waals surface area contributed by atoms with Gasteiger partial charge in [-0.1, -0.05) is 48.9 Å². The van der Waals surface area contributed by atoms with Gasteiger partial charge in [0.2, 0.25) is 0 Å². The fraction of sp³-hybridized carbons (Fsp3) is 0.412. The van der Waals surface area contributed by atoms with E-state index in [1.165, 1.54) is 7.11 Å². The Bertz CT molecular complexity index is 494. The van der Waals surface area contributed by atoms with Gasteiger partial charge in [0, 0.05) is 6.42 Å². The zero-order valence-electron chi connectivity index (χ0n) is 11.8. The summed E-state index contributed by atoms with van der Waals surface area (Å²) in [4.78, 5) is 24.3. The lowest BCUT2D eigenvalue weighted by molar-refractivity contribution is -0.159. The minimum atomic E-state index is -0.960. The van der Waals surface area contributed by atoms with Crippen LogP contribution in [0.2, 0.25) is 0 Å². The summed E-state index contributed by atoms with van der Waals surface area (Å²) in [6.07, 6.45) is 7.14. The molecule has 1 aliphatic carbocycles. The molecule has 0 radical (unpaired) electrons. The molecule has 3 heteroatoms. The molecule has 0 amide bonds. The highest BCUT2D eigenvalue weighted by atomic mass is 16.5. The van der Waals surface area contributed by atoms with Crippen LogP contribution in [0.25, 0.3) is 6.08 Å². The van der Waals surface area contributed by atoms with Gasteiger partial charge >= 0.3 is 5.97 Å². The minimum Gasteiger partial charge on any atom is -0.468 e. The molecule has 1 atom stereocenters. The number of carbonyl (C=O) groups is 2. The van der Waals surface area contributed by atoms with Crippen LogP contribution < -0.4 is 0 Å². The van der Waals surface area contributed by atoms with Crippen LogP contribution in [-0.2, 0) is 14.3 Å². The molecule has 106 valence electrons. The first-order valence-corrected chi connectivity index (χ1v) is 7.02. The predicted molar refractivity (Wildman–Crippen MR) is 78.0 cm³/mol. The molecule has 0 spiro atoms. The average molecular weight is 272 g/mol. The van der Waals surface area contributed by atoms with E-state index in [-0.39, 0.29) is 11.8 Å². The lowest BCUT2D eigenvalue weighted by Gasteiger charge is -2.31. The summed E-state index contributed by atoms with van der Waals surface area (Å²) >= 11 is 0. The highest BCUT2D eigenvalue weighted by Crippen LogP contribution is 2.38. The number of Topliss-reactive ketones (excluding diaryl/α,β-unsaturated/α-hetero) is 1. The van der Waals surface area contributed by atoms with Crippen molar-refractivity contribution >= 4 is 17.8 Å². The number of benzene rings is 1.